The van der Waals surface area contributed by atoms with Crippen molar-refractivity contribution in [2.75, 3.05) is 13.2 Å². The lowest BCUT2D eigenvalue weighted by atomic mass is 10.00. The number of primary amides is 1. The van der Waals surface area contributed by atoms with Gasteiger partial charge in [0.1, 0.15) is 18.7 Å². The van der Waals surface area contributed by atoms with E-state index in [1.165, 1.54) is 6.08 Å². The Morgan fingerprint density at radius 2 is 1.50 bits per heavy atom. The Balaban J connectivity index is 2.27. The zero-order chi connectivity index (χ0) is 33.9. The Labute approximate surface area is 270 Å². The van der Waals surface area contributed by atoms with Crippen molar-refractivity contribution in [3.8, 4) is 0 Å². The highest BCUT2D eigenvalue weighted by atomic mass is 16.5. The third-order valence-electron chi connectivity index (χ3n) is 6.81. The number of ether oxygens (including phenoxy) is 2. The van der Waals surface area contributed by atoms with Crippen LogP contribution >= 0.6 is 0 Å². The molecular weight excluding hydrogens is 592 g/mol. The molecule has 0 aliphatic heterocycles. The molecule has 46 heavy (non-hydrogen) atoms. The predicted molar refractivity (Wildman–Crippen MR) is 172 cm³/mol. The summed E-state index contributed by atoms with van der Waals surface area (Å²) in [6, 6.07) is 13.5. The molecule has 0 heterocycles. The van der Waals surface area contributed by atoms with Crippen molar-refractivity contribution in [1.29, 1.82) is 0 Å². The van der Waals surface area contributed by atoms with Gasteiger partial charge in [0.2, 0.25) is 17.7 Å². The van der Waals surface area contributed by atoms with Gasteiger partial charge in [-0.05, 0) is 48.8 Å². The topological polar surface area (TPSA) is 186 Å². The standard InChI is InChI=1S/C34H46N4O8/c1-4-45-31(41)17-15-27(14-16-30(35)40)36-32(42)29(21-25-12-10-24(11-13-25)18-19-39)37-33(43)28(20-23(2)3)38-34(44)46-22-26-8-6-5-7-9-26/h5-13,15,17,23,27-29,39H,4,14,16,18-22H2,1-3H3,(H2,35,40)(H,36,42)(H,37,43)(H,38,44)/b17-15+/t27-,28-,29-/m0/s1. The maximum Gasteiger partial charge on any atom is 0.408 e. The molecule has 6 N–H and O–H groups in total. The fourth-order valence-corrected chi connectivity index (χ4v) is 4.48. The van der Waals surface area contributed by atoms with Gasteiger partial charge in [-0.25, -0.2) is 9.59 Å². The highest BCUT2D eigenvalue weighted by Gasteiger charge is 2.29. The van der Waals surface area contributed by atoms with Crippen molar-refractivity contribution in [1.82, 2.24) is 16.0 Å². The van der Waals surface area contributed by atoms with Crippen LogP contribution in [0.5, 0.6) is 0 Å². The number of carbonyl (C=O) groups is 5. The van der Waals surface area contributed by atoms with Crippen LogP contribution in [0.3, 0.4) is 0 Å². The first kappa shape index (κ1) is 37.5. The molecule has 2 rings (SSSR count). The van der Waals surface area contributed by atoms with E-state index in [0.717, 1.165) is 22.8 Å². The Hall–Kier alpha value is -4.71. The zero-order valence-electron chi connectivity index (χ0n) is 26.7. The monoisotopic (exact) mass is 638 g/mol. The van der Waals surface area contributed by atoms with Gasteiger partial charge in [0.05, 0.1) is 6.61 Å². The summed E-state index contributed by atoms with van der Waals surface area (Å²) < 4.78 is 10.2. The number of nitrogens with two attached hydrogens (primary N) is 1. The molecule has 0 aromatic heterocycles. The number of rotatable bonds is 19. The first-order chi connectivity index (χ1) is 22.0. The fraction of sp³-hybridized carbons (Fsp3) is 0.441. The van der Waals surface area contributed by atoms with Crippen molar-refractivity contribution in [2.24, 2.45) is 11.7 Å². The molecular formula is C34H46N4O8. The minimum atomic E-state index is -1.10. The van der Waals surface area contributed by atoms with Crippen LogP contribution in [0.15, 0.2) is 66.7 Å². The number of alkyl carbamates (subject to hydrolysis) is 1. The SMILES string of the molecule is CCOC(=O)/C=C/[C@H](CCC(N)=O)NC(=O)[C@H](Cc1ccc(CCO)cc1)NC(=O)[C@H](CC(C)C)NC(=O)OCc1ccccc1. The second-order valence-corrected chi connectivity index (χ2v) is 11.2. The van der Waals surface area contributed by atoms with Crippen molar-refractivity contribution in [3.05, 3.63) is 83.4 Å². The number of benzene rings is 2. The average Bonchev–Trinajstić information content (AvgIpc) is 3.02. The third-order valence-corrected chi connectivity index (χ3v) is 6.81. The van der Waals surface area contributed by atoms with E-state index in [1.54, 1.807) is 19.1 Å². The number of carbonyl (C=O) groups excluding carboxylic acids is 5. The van der Waals surface area contributed by atoms with Crippen LogP contribution in [-0.4, -0.2) is 66.2 Å². The molecule has 0 saturated carbocycles. The summed E-state index contributed by atoms with van der Waals surface area (Å²) in [5.41, 5.74) is 7.74. The molecule has 250 valence electrons. The van der Waals surface area contributed by atoms with Gasteiger partial charge in [0.15, 0.2) is 0 Å². The minimum Gasteiger partial charge on any atom is -0.463 e. The number of aliphatic hydroxyl groups excluding tert-OH is 1. The Bertz CT molecular complexity index is 1300. The largest absolute Gasteiger partial charge is 0.463 e. The summed E-state index contributed by atoms with van der Waals surface area (Å²) >= 11 is 0. The van der Waals surface area contributed by atoms with E-state index >= 15 is 0 Å². The van der Waals surface area contributed by atoms with E-state index in [1.807, 2.05) is 56.3 Å². The molecule has 12 nitrogen and oxygen atoms in total. The van der Waals surface area contributed by atoms with Crippen molar-refractivity contribution >= 4 is 29.8 Å². The van der Waals surface area contributed by atoms with Crippen LogP contribution in [-0.2, 0) is 48.1 Å². The van der Waals surface area contributed by atoms with Crippen molar-refractivity contribution in [3.63, 3.8) is 0 Å². The summed E-state index contributed by atoms with van der Waals surface area (Å²) in [4.78, 5) is 63.3. The highest BCUT2D eigenvalue weighted by molar-refractivity contribution is 5.92. The molecule has 12 heteroatoms. The molecule has 0 spiro atoms. The van der Waals surface area contributed by atoms with Gasteiger partial charge < -0.3 is 36.3 Å². The first-order valence-corrected chi connectivity index (χ1v) is 15.4. The maximum absolute atomic E-state index is 13.7. The minimum absolute atomic E-state index is 0.00946. The van der Waals surface area contributed by atoms with E-state index in [2.05, 4.69) is 16.0 Å². The lowest BCUT2D eigenvalue weighted by Gasteiger charge is -2.25. The molecule has 0 fully saturated rings. The Morgan fingerprint density at radius 3 is 2.11 bits per heavy atom. The molecule has 0 unspecified atom stereocenters. The Morgan fingerprint density at radius 1 is 0.848 bits per heavy atom. The molecule has 0 aliphatic rings. The van der Waals surface area contributed by atoms with Crippen LogP contribution in [0.2, 0.25) is 0 Å². The fourth-order valence-electron chi connectivity index (χ4n) is 4.48. The Kier molecular flexibility index (Phi) is 16.6. The summed E-state index contributed by atoms with van der Waals surface area (Å²) in [7, 11) is 0. The molecule has 0 bridgehead atoms. The van der Waals surface area contributed by atoms with Gasteiger partial charge in [-0.3, -0.25) is 14.4 Å². The van der Waals surface area contributed by atoms with Crippen LogP contribution in [0.1, 0.15) is 56.7 Å². The molecule has 4 amide bonds. The van der Waals surface area contributed by atoms with Gasteiger partial charge in [0.25, 0.3) is 0 Å². The third kappa shape index (κ3) is 14.8. The van der Waals surface area contributed by atoms with Gasteiger partial charge in [-0.2, -0.15) is 0 Å². The van der Waals surface area contributed by atoms with Crippen LogP contribution in [0.25, 0.3) is 0 Å². The number of esters is 1. The molecule has 0 saturated heterocycles. The second kappa shape index (κ2) is 20.3. The molecule has 3 atom stereocenters. The molecule has 2 aromatic rings. The normalized spacial score (nSPS) is 13.0. The van der Waals surface area contributed by atoms with E-state index in [9.17, 15) is 29.1 Å². The lowest BCUT2D eigenvalue weighted by Crippen LogP contribution is -2.55. The molecule has 0 aliphatic carbocycles. The smallest absolute Gasteiger partial charge is 0.408 e. The first-order valence-electron chi connectivity index (χ1n) is 15.4. The van der Waals surface area contributed by atoms with Crippen LogP contribution < -0.4 is 21.7 Å². The summed E-state index contributed by atoms with van der Waals surface area (Å²) in [5, 5.41) is 17.4. The van der Waals surface area contributed by atoms with E-state index in [-0.39, 0.29) is 51.4 Å². The van der Waals surface area contributed by atoms with E-state index in [4.69, 9.17) is 15.2 Å². The van der Waals surface area contributed by atoms with E-state index < -0.39 is 47.9 Å². The van der Waals surface area contributed by atoms with Crippen LogP contribution in [0, 0.1) is 5.92 Å². The van der Waals surface area contributed by atoms with Gasteiger partial charge in [-0.1, -0.05) is 74.5 Å². The number of amides is 4. The van der Waals surface area contributed by atoms with Crippen molar-refractivity contribution < 1.29 is 38.6 Å². The predicted octanol–water partition coefficient (Wildman–Crippen LogP) is 2.46. The van der Waals surface area contributed by atoms with Gasteiger partial charge in [0, 0.05) is 31.6 Å². The number of nitrogens with one attached hydrogen (secondary N) is 3. The van der Waals surface area contributed by atoms with Crippen LogP contribution in [0.4, 0.5) is 4.79 Å². The summed E-state index contributed by atoms with van der Waals surface area (Å²) in [6.07, 6.45) is 2.68. The summed E-state index contributed by atoms with van der Waals surface area (Å²) in [6.45, 7) is 5.63. The molecule has 2 aromatic carbocycles. The average molecular weight is 639 g/mol. The maximum atomic E-state index is 13.7. The van der Waals surface area contributed by atoms with Gasteiger partial charge >= 0.3 is 12.1 Å². The molecule has 0 radical (unpaired) electrons. The lowest BCUT2D eigenvalue weighted by molar-refractivity contribution is -0.137. The highest BCUT2D eigenvalue weighted by Crippen LogP contribution is 2.12. The quantitative estimate of drug-likeness (QED) is 0.115. The van der Waals surface area contributed by atoms with E-state index in [0.29, 0.717) is 6.42 Å². The summed E-state index contributed by atoms with van der Waals surface area (Å²) in [5.74, 6) is -2.35. The van der Waals surface area contributed by atoms with Crippen molar-refractivity contribution in [2.45, 2.75) is 77.6 Å². The number of hydrogen-bond acceptors (Lipinski definition) is 8. The second-order valence-electron chi connectivity index (χ2n) is 11.2. The zero-order valence-corrected chi connectivity index (χ0v) is 26.7. The number of hydrogen-bond donors (Lipinski definition) is 5. The van der Waals surface area contributed by atoms with Gasteiger partial charge in [-0.15, -0.1) is 0 Å². The number of aliphatic hydroxyl groups is 1.